The van der Waals surface area contributed by atoms with E-state index >= 15 is 0 Å². The number of amides is 1. The number of nitrogens with one attached hydrogen (secondary N) is 2. The molecule has 3 aromatic carbocycles. The number of benzene rings is 3. The van der Waals surface area contributed by atoms with Crippen LogP contribution in [-0.4, -0.2) is 75.2 Å². The number of hydrogen-bond acceptors (Lipinski definition) is 7. The number of carbonyl (C=O) groups excluding carboxylic acids is 1. The first-order chi connectivity index (χ1) is 18.5. The Morgan fingerprint density at radius 1 is 0.895 bits per heavy atom. The lowest BCUT2D eigenvalue weighted by molar-refractivity contribution is -0.117. The number of aromatic nitrogens is 4. The van der Waals surface area contributed by atoms with Crippen LogP contribution in [0.25, 0.3) is 33.2 Å². The molecule has 0 saturated carbocycles. The van der Waals surface area contributed by atoms with Gasteiger partial charge in [-0.05, 0) is 49.5 Å². The van der Waals surface area contributed by atoms with Crippen LogP contribution in [0.5, 0.6) is 0 Å². The molecule has 3 heterocycles. The molecular weight excluding hydrogens is 476 g/mol. The van der Waals surface area contributed by atoms with Crippen molar-refractivity contribution < 1.29 is 4.79 Å². The molecule has 2 aromatic heterocycles. The molecule has 1 amide bonds. The van der Waals surface area contributed by atoms with Crippen LogP contribution in [-0.2, 0) is 11.8 Å². The molecule has 9 nitrogen and oxygen atoms in total. The van der Waals surface area contributed by atoms with Crippen molar-refractivity contribution in [2.45, 2.75) is 0 Å². The van der Waals surface area contributed by atoms with Crippen LogP contribution in [0.2, 0.25) is 0 Å². The van der Waals surface area contributed by atoms with Gasteiger partial charge in [0.2, 0.25) is 5.91 Å². The zero-order valence-corrected chi connectivity index (χ0v) is 21.6. The molecule has 1 saturated heterocycles. The fourth-order valence-corrected chi connectivity index (χ4v) is 4.82. The van der Waals surface area contributed by atoms with E-state index in [0.29, 0.717) is 12.4 Å². The van der Waals surface area contributed by atoms with Gasteiger partial charge in [0.1, 0.15) is 5.82 Å². The Morgan fingerprint density at radius 2 is 1.74 bits per heavy atom. The largest absolute Gasteiger partial charge is 0.340 e. The second kappa shape index (κ2) is 10.2. The molecule has 38 heavy (non-hydrogen) atoms. The lowest BCUT2D eigenvalue weighted by atomic mass is 10.1. The van der Waals surface area contributed by atoms with Gasteiger partial charge in [0.05, 0.1) is 23.8 Å². The van der Waals surface area contributed by atoms with Crippen LogP contribution in [0.1, 0.15) is 0 Å². The van der Waals surface area contributed by atoms with Gasteiger partial charge in [0.25, 0.3) is 0 Å². The lowest BCUT2D eigenvalue weighted by Crippen LogP contribution is -2.47. The predicted molar refractivity (Wildman–Crippen MR) is 152 cm³/mol. The maximum absolute atomic E-state index is 12.7. The van der Waals surface area contributed by atoms with Gasteiger partial charge < -0.3 is 15.5 Å². The second-order valence-electron chi connectivity index (χ2n) is 9.79. The van der Waals surface area contributed by atoms with Crippen molar-refractivity contribution in [1.29, 1.82) is 0 Å². The van der Waals surface area contributed by atoms with Crippen LogP contribution >= 0.6 is 0 Å². The van der Waals surface area contributed by atoms with Crippen molar-refractivity contribution in [2.75, 3.05) is 50.4 Å². The molecule has 1 aliphatic rings. The number of para-hydroxylation sites is 1. The summed E-state index contributed by atoms with van der Waals surface area (Å²) >= 11 is 0. The van der Waals surface area contributed by atoms with Gasteiger partial charge in [-0.1, -0.05) is 24.3 Å². The van der Waals surface area contributed by atoms with E-state index in [4.69, 9.17) is 9.97 Å². The van der Waals surface area contributed by atoms with Crippen LogP contribution in [0.15, 0.2) is 72.9 Å². The SMILES string of the molecule is CN1CCN(CC(=O)Nc2cccc(-c3nc(Nc4ccc5c(cnn5C)c4)c4ccccc4n3)c2)CC1. The molecule has 1 fully saturated rings. The molecule has 0 atom stereocenters. The van der Waals surface area contributed by atoms with E-state index in [1.165, 1.54) is 0 Å². The summed E-state index contributed by atoms with van der Waals surface area (Å²) in [5.41, 5.74) is 4.39. The number of rotatable bonds is 6. The van der Waals surface area contributed by atoms with Gasteiger partial charge in [-0.3, -0.25) is 14.4 Å². The molecule has 6 rings (SSSR count). The summed E-state index contributed by atoms with van der Waals surface area (Å²) in [4.78, 5) is 26.9. The van der Waals surface area contributed by atoms with E-state index in [0.717, 1.165) is 70.7 Å². The number of piperazine rings is 1. The van der Waals surface area contributed by atoms with Crippen molar-refractivity contribution in [3.8, 4) is 11.4 Å². The van der Waals surface area contributed by atoms with E-state index in [9.17, 15) is 4.79 Å². The zero-order valence-electron chi connectivity index (χ0n) is 21.6. The maximum atomic E-state index is 12.7. The zero-order chi connectivity index (χ0) is 26.1. The van der Waals surface area contributed by atoms with Crippen molar-refractivity contribution in [3.63, 3.8) is 0 Å². The summed E-state index contributed by atoms with van der Waals surface area (Å²) in [5, 5.41) is 12.9. The van der Waals surface area contributed by atoms with Crippen molar-refractivity contribution in [2.24, 2.45) is 7.05 Å². The third-order valence-corrected chi connectivity index (χ3v) is 6.98. The van der Waals surface area contributed by atoms with Gasteiger partial charge in [-0.2, -0.15) is 5.10 Å². The first-order valence-corrected chi connectivity index (χ1v) is 12.8. The molecule has 9 heteroatoms. The van der Waals surface area contributed by atoms with Gasteiger partial charge in [-0.15, -0.1) is 0 Å². The summed E-state index contributed by atoms with van der Waals surface area (Å²) in [6.07, 6.45) is 1.85. The van der Waals surface area contributed by atoms with E-state index < -0.39 is 0 Å². The minimum Gasteiger partial charge on any atom is -0.340 e. The van der Waals surface area contributed by atoms with Gasteiger partial charge >= 0.3 is 0 Å². The highest BCUT2D eigenvalue weighted by Gasteiger charge is 2.17. The summed E-state index contributed by atoms with van der Waals surface area (Å²) in [6.45, 7) is 4.15. The fourth-order valence-electron chi connectivity index (χ4n) is 4.82. The molecule has 1 aliphatic heterocycles. The fraction of sp³-hybridized carbons (Fsp3) is 0.241. The molecular formula is C29H30N8O. The Kier molecular flexibility index (Phi) is 6.45. The summed E-state index contributed by atoms with van der Waals surface area (Å²) in [7, 11) is 4.04. The Labute approximate surface area is 221 Å². The first kappa shape index (κ1) is 24.0. The smallest absolute Gasteiger partial charge is 0.238 e. The van der Waals surface area contributed by atoms with E-state index in [1.54, 1.807) is 0 Å². The molecule has 0 unspecified atom stereocenters. The molecule has 0 bridgehead atoms. The minimum absolute atomic E-state index is 0.0146. The van der Waals surface area contributed by atoms with Crippen LogP contribution in [0.4, 0.5) is 17.2 Å². The molecule has 5 aromatic rings. The molecule has 192 valence electrons. The quantitative estimate of drug-likeness (QED) is 0.358. The van der Waals surface area contributed by atoms with Gasteiger partial charge in [0, 0.05) is 60.9 Å². The Morgan fingerprint density at radius 3 is 2.61 bits per heavy atom. The number of likely N-dealkylation sites (N-methyl/N-ethyl adjacent to an activating group) is 1. The van der Waals surface area contributed by atoms with E-state index in [2.05, 4.69) is 38.6 Å². The average molecular weight is 507 g/mol. The highest BCUT2D eigenvalue weighted by Crippen LogP contribution is 2.29. The van der Waals surface area contributed by atoms with E-state index in [1.807, 2.05) is 78.6 Å². The Balaban J connectivity index is 1.26. The van der Waals surface area contributed by atoms with Gasteiger partial charge in [0.15, 0.2) is 5.82 Å². The number of aryl methyl sites for hydroxylation is 1. The lowest BCUT2D eigenvalue weighted by Gasteiger charge is -2.31. The van der Waals surface area contributed by atoms with Crippen LogP contribution in [0.3, 0.4) is 0 Å². The third-order valence-electron chi connectivity index (χ3n) is 6.98. The third kappa shape index (κ3) is 5.06. The highest BCUT2D eigenvalue weighted by molar-refractivity contribution is 5.95. The predicted octanol–water partition coefficient (Wildman–Crippen LogP) is 4.11. The van der Waals surface area contributed by atoms with Crippen LogP contribution < -0.4 is 10.6 Å². The topological polar surface area (TPSA) is 91.2 Å². The number of carbonyl (C=O) groups is 1. The standard InChI is InChI=1S/C29H30N8O/c1-35-12-14-37(15-13-35)19-27(38)31-22-7-5-6-20(16-22)28-33-25-9-4-3-8-24(25)29(34-28)32-23-10-11-26-21(17-23)18-30-36(26)2/h3-11,16-18H,12-15,19H2,1-2H3,(H,31,38)(H,32,33,34). The number of nitrogens with zero attached hydrogens (tertiary/aromatic N) is 6. The highest BCUT2D eigenvalue weighted by atomic mass is 16.2. The van der Waals surface area contributed by atoms with Crippen molar-refractivity contribution >= 4 is 44.9 Å². The number of fused-ring (bicyclic) bond motifs is 2. The minimum atomic E-state index is -0.0146. The molecule has 0 radical (unpaired) electrons. The Bertz CT molecular complexity index is 1620. The van der Waals surface area contributed by atoms with Crippen molar-refractivity contribution in [3.05, 3.63) is 72.9 Å². The first-order valence-electron chi connectivity index (χ1n) is 12.8. The maximum Gasteiger partial charge on any atom is 0.238 e. The molecule has 2 N–H and O–H groups in total. The van der Waals surface area contributed by atoms with Gasteiger partial charge in [-0.25, -0.2) is 9.97 Å². The average Bonchev–Trinajstić information content (AvgIpc) is 3.30. The molecule has 0 aliphatic carbocycles. The summed E-state index contributed by atoms with van der Waals surface area (Å²) in [6, 6.07) is 21.8. The summed E-state index contributed by atoms with van der Waals surface area (Å²) < 4.78 is 1.86. The number of hydrogen-bond donors (Lipinski definition) is 2. The van der Waals surface area contributed by atoms with Crippen molar-refractivity contribution in [1.82, 2.24) is 29.5 Å². The summed E-state index contributed by atoms with van der Waals surface area (Å²) in [5.74, 6) is 1.29. The monoisotopic (exact) mass is 506 g/mol. The Hall–Kier alpha value is -4.34. The normalized spacial score (nSPS) is 14.7. The number of anilines is 3. The van der Waals surface area contributed by atoms with E-state index in [-0.39, 0.29) is 5.91 Å². The second-order valence-corrected chi connectivity index (χ2v) is 9.79. The van der Waals surface area contributed by atoms with Crippen LogP contribution in [0, 0.1) is 0 Å². The molecule has 0 spiro atoms.